The zero-order valence-electron chi connectivity index (χ0n) is 10.7. The number of rotatable bonds is 3. The molecule has 0 saturated heterocycles. The molecule has 98 valence electrons. The average Bonchev–Trinajstić information content (AvgIpc) is 2.23. The summed E-state index contributed by atoms with van der Waals surface area (Å²) in [7, 11) is 0. The van der Waals surface area contributed by atoms with Crippen molar-refractivity contribution in [3.8, 4) is 5.75 Å². The molecule has 0 atom stereocenters. The third kappa shape index (κ3) is 2.39. The van der Waals surface area contributed by atoms with Gasteiger partial charge in [-0.15, -0.1) is 0 Å². The van der Waals surface area contributed by atoms with Crippen LogP contribution in [0.3, 0.4) is 0 Å². The maximum atomic E-state index is 11.7. The van der Waals surface area contributed by atoms with E-state index in [-0.39, 0.29) is 11.3 Å². The van der Waals surface area contributed by atoms with E-state index in [9.17, 15) is 9.59 Å². The Morgan fingerprint density at radius 2 is 1.94 bits per heavy atom. The van der Waals surface area contributed by atoms with E-state index in [0.29, 0.717) is 12.2 Å². The molecule has 0 aliphatic carbocycles. The molecule has 0 bridgehead atoms. The number of fused-ring (bicyclic) bond motifs is 1. The second-order valence-electron chi connectivity index (χ2n) is 4.73. The van der Waals surface area contributed by atoms with Crippen molar-refractivity contribution in [2.45, 2.75) is 45.8 Å². The van der Waals surface area contributed by atoms with Crippen LogP contribution in [-0.4, -0.2) is 11.8 Å². The summed E-state index contributed by atoms with van der Waals surface area (Å²) in [6.07, 6.45) is 2.56. The first-order valence-corrected chi connectivity index (χ1v) is 6.02. The number of hydrogen-bond acceptors (Lipinski definition) is 5. The van der Waals surface area contributed by atoms with Crippen LogP contribution in [0.2, 0.25) is 0 Å². The third-order valence-electron chi connectivity index (χ3n) is 2.64. The molecule has 1 aromatic heterocycles. The number of aryl methyl sites for hydroxylation is 1. The normalized spacial score (nSPS) is 16.7. The van der Waals surface area contributed by atoms with Gasteiger partial charge in [-0.2, -0.15) is 0 Å². The fourth-order valence-electron chi connectivity index (χ4n) is 1.82. The predicted octanol–water partition coefficient (Wildman–Crippen LogP) is 2.27. The standard InChI is InChI=1S/C13H16O5/c1-4-5-6-8-7-9-10(11(14)16-8)12(15)18-13(2,3)17-9/h7H,4-6H2,1-3H3. The van der Waals surface area contributed by atoms with Crippen molar-refractivity contribution in [2.24, 2.45) is 0 Å². The van der Waals surface area contributed by atoms with E-state index in [1.165, 1.54) is 0 Å². The molecule has 5 heteroatoms. The van der Waals surface area contributed by atoms with Gasteiger partial charge < -0.3 is 13.9 Å². The van der Waals surface area contributed by atoms with Crippen LogP contribution in [0.4, 0.5) is 0 Å². The molecule has 0 N–H and O–H groups in total. The van der Waals surface area contributed by atoms with Gasteiger partial charge in [-0.25, -0.2) is 9.59 Å². The molecule has 2 rings (SSSR count). The quantitative estimate of drug-likeness (QED) is 0.772. The van der Waals surface area contributed by atoms with Crippen molar-refractivity contribution in [1.29, 1.82) is 0 Å². The van der Waals surface area contributed by atoms with Crippen molar-refractivity contribution in [3.63, 3.8) is 0 Å². The maximum Gasteiger partial charge on any atom is 0.354 e. The first kappa shape index (κ1) is 12.7. The van der Waals surface area contributed by atoms with Gasteiger partial charge in [0.2, 0.25) is 5.79 Å². The maximum absolute atomic E-state index is 11.7. The van der Waals surface area contributed by atoms with Crippen LogP contribution >= 0.6 is 0 Å². The minimum Gasteiger partial charge on any atom is -0.451 e. The molecular formula is C13H16O5. The van der Waals surface area contributed by atoms with Gasteiger partial charge in [0.05, 0.1) is 0 Å². The molecule has 0 spiro atoms. The second-order valence-corrected chi connectivity index (χ2v) is 4.73. The van der Waals surface area contributed by atoms with Gasteiger partial charge in [0.1, 0.15) is 11.5 Å². The molecule has 1 aliphatic heterocycles. The lowest BCUT2D eigenvalue weighted by molar-refractivity contribution is -0.128. The van der Waals surface area contributed by atoms with E-state index in [0.717, 1.165) is 12.8 Å². The fourth-order valence-corrected chi connectivity index (χ4v) is 1.82. The lowest BCUT2D eigenvalue weighted by atomic mass is 10.1. The number of carbonyl (C=O) groups excluding carboxylic acids is 1. The number of carbonyl (C=O) groups is 1. The Balaban J connectivity index is 2.43. The van der Waals surface area contributed by atoms with Crippen molar-refractivity contribution in [2.75, 3.05) is 0 Å². The molecule has 0 aromatic carbocycles. The second kappa shape index (κ2) is 4.48. The summed E-state index contributed by atoms with van der Waals surface area (Å²) in [4.78, 5) is 23.4. The summed E-state index contributed by atoms with van der Waals surface area (Å²) >= 11 is 0. The zero-order chi connectivity index (χ0) is 13.3. The summed E-state index contributed by atoms with van der Waals surface area (Å²) in [5.41, 5.74) is -0.853. The van der Waals surface area contributed by atoms with Crippen molar-refractivity contribution >= 4 is 5.97 Å². The Morgan fingerprint density at radius 3 is 2.61 bits per heavy atom. The van der Waals surface area contributed by atoms with Gasteiger partial charge in [-0.05, 0) is 6.42 Å². The SMILES string of the molecule is CCCCc1cc2c(c(=O)o1)C(=O)OC(C)(C)O2. The van der Waals surface area contributed by atoms with E-state index in [1.807, 2.05) is 6.92 Å². The average molecular weight is 252 g/mol. The molecule has 5 nitrogen and oxygen atoms in total. The Bertz CT molecular complexity index is 527. The van der Waals surface area contributed by atoms with E-state index in [4.69, 9.17) is 13.9 Å². The summed E-state index contributed by atoms with van der Waals surface area (Å²) in [5.74, 6) is -0.971. The minimum absolute atomic E-state index is 0.158. The van der Waals surface area contributed by atoms with Crippen LogP contribution in [0, 0.1) is 0 Å². The van der Waals surface area contributed by atoms with Gasteiger partial charge in [0, 0.05) is 26.3 Å². The monoisotopic (exact) mass is 252 g/mol. The molecule has 0 fully saturated rings. The summed E-state index contributed by atoms with van der Waals surface area (Å²) < 4.78 is 15.5. The molecular weight excluding hydrogens is 236 g/mol. The minimum atomic E-state index is -1.06. The highest BCUT2D eigenvalue weighted by Gasteiger charge is 2.36. The van der Waals surface area contributed by atoms with Gasteiger partial charge in [-0.1, -0.05) is 13.3 Å². The number of hydrogen-bond donors (Lipinski definition) is 0. The number of cyclic esters (lactones) is 1. The van der Waals surface area contributed by atoms with E-state index in [1.54, 1.807) is 19.9 Å². The Hall–Kier alpha value is -1.78. The lowest BCUT2D eigenvalue weighted by Gasteiger charge is -2.30. The van der Waals surface area contributed by atoms with Gasteiger partial charge >= 0.3 is 11.6 Å². The van der Waals surface area contributed by atoms with E-state index in [2.05, 4.69) is 0 Å². The topological polar surface area (TPSA) is 65.7 Å². The number of ether oxygens (including phenoxy) is 2. The van der Waals surface area contributed by atoms with Gasteiger partial charge in [0.25, 0.3) is 0 Å². The largest absolute Gasteiger partial charge is 0.451 e. The molecule has 0 amide bonds. The van der Waals surface area contributed by atoms with Crippen molar-refractivity contribution < 1.29 is 18.7 Å². The van der Waals surface area contributed by atoms with Crippen LogP contribution < -0.4 is 10.4 Å². The number of unbranched alkanes of at least 4 members (excludes halogenated alkanes) is 1. The summed E-state index contributed by atoms with van der Waals surface area (Å²) in [6, 6.07) is 1.61. The van der Waals surface area contributed by atoms with Crippen LogP contribution in [-0.2, 0) is 11.2 Å². The summed E-state index contributed by atoms with van der Waals surface area (Å²) in [5, 5.41) is 0. The molecule has 1 aromatic rings. The predicted molar refractivity (Wildman–Crippen MR) is 63.7 cm³/mol. The first-order valence-electron chi connectivity index (χ1n) is 6.02. The van der Waals surface area contributed by atoms with Gasteiger partial charge in [-0.3, -0.25) is 0 Å². The number of esters is 1. The van der Waals surface area contributed by atoms with Crippen molar-refractivity contribution in [3.05, 3.63) is 27.8 Å². The highest BCUT2D eigenvalue weighted by atomic mass is 16.7. The lowest BCUT2D eigenvalue weighted by Crippen LogP contribution is -2.41. The molecule has 0 radical (unpaired) electrons. The fraction of sp³-hybridized carbons (Fsp3) is 0.538. The van der Waals surface area contributed by atoms with E-state index >= 15 is 0 Å². The highest BCUT2D eigenvalue weighted by Crippen LogP contribution is 2.29. The summed E-state index contributed by atoms with van der Waals surface area (Å²) in [6.45, 7) is 5.29. The Labute approximate surface area is 105 Å². The van der Waals surface area contributed by atoms with Crippen LogP contribution in [0.1, 0.15) is 49.7 Å². The molecule has 1 aliphatic rings. The molecule has 2 heterocycles. The Kier molecular flexibility index (Phi) is 3.15. The Morgan fingerprint density at radius 1 is 1.22 bits per heavy atom. The van der Waals surface area contributed by atoms with Crippen LogP contribution in [0.25, 0.3) is 0 Å². The molecule has 18 heavy (non-hydrogen) atoms. The van der Waals surface area contributed by atoms with Crippen molar-refractivity contribution in [1.82, 2.24) is 0 Å². The third-order valence-corrected chi connectivity index (χ3v) is 2.64. The van der Waals surface area contributed by atoms with E-state index < -0.39 is 17.4 Å². The smallest absolute Gasteiger partial charge is 0.354 e. The first-order chi connectivity index (χ1) is 8.43. The highest BCUT2D eigenvalue weighted by molar-refractivity contribution is 5.93. The molecule has 0 unspecified atom stereocenters. The zero-order valence-corrected chi connectivity index (χ0v) is 10.7. The van der Waals surface area contributed by atoms with Crippen LogP contribution in [0.5, 0.6) is 5.75 Å². The molecule has 0 saturated carbocycles. The van der Waals surface area contributed by atoms with Gasteiger partial charge in [0.15, 0.2) is 5.56 Å². The van der Waals surface area contributed by atoms with Crippen LogP contribution in [0.15, 0.2) is 15.3 Å².